The lowest BCUT2D eigenvalue weighted by Gasteiger charge is -2.11. The van der Waals surface area contributed by atoms with Crippen LogP contribution in [-0.2, 0) is 0 Å². The van der Waals surface area contributed by atoms with E-state index in [-0.39, 0.29) is 11.2 Å². The highest BCUT2D eigenvalue weighted by molar-refractivity contribution is 6.31. The Morgan fingerprint density at radius 1 is 1.24 bits per heavy atom. The predicted octanol–water partition coefficient (Wildman–Crippen LogP) is 5.43. The molecule has 0 aliphatic carbocycles. The summed E-state index contributed by atoms with van der Waals surface area (Å²) in [5.41, 5.74) is 2.80. The van der Waals surface area contributed by atoms with Crippen LogP contribution >= 0.6 is 23.2 Å². The fraction of sp³-hybridized carbons (Fsp3) is 0.188. The minimum absolute atomic E-state index is 0.316. The SMILES string of the molecule is Cc1ccc(-n2c(C(C)Cl)nc3c(F)cccc32)cc1Cl. The number of hydrogen-bond donors (Lipinski definition) is 0. The van der Waals surface area contributed by atoms with E-state index < -0.39 is 0 Å². The summed E-state index contributed by atoms with van der Waals surface area (Å²) in [5.74, 6) is 0.236. The minimum Gasteiger partial charge on any atom is -0.295 e. The maximum Gasteiger partial charge on any atom is 0.151 e. The van der Waals surface area contributed by atoms with Gasteiger partial charge in [-0.25, -0.2) is 9.37 Å². The van der Waals surface area contributed by atoms with Crippen LogP contribution < -0.4 is 0 Å². The number of aryl methyl sites for hydroxylation is 1. The zero-order chi connectivity index (χ0) is 15.1. The van der Waals surface area contributed by atoms with Gasteiger partial charge in [0.05, 0.1) is 10.9 Å². The highest BCUT2D eigenvalue weighted by Gasteiger charge is 2.18. The van der Waals surface area contributed by atoms with E-state index in [0.29, 0.717) is 21.9 Å². The third-order valence-electron chi connectivity index (χ3n) is 3.43. The molecule has 108 valence electrons. The monoisotopic (exact) mass is 322 g/mol. The molecule has 1 aromatic heterocycles. The van der Waals surface area contributed by atoms with Crippen LogP contribution in [0.4, 0.5) is 4.39 Å². The third kappa shape index (κ3) is 2.41. The topological polar surface area (TPSA) is 17.8 Å². The Balaban J connectivity index is 2.36. The molecule has 5 heteroatoms. The van der Waals surface area contributed by atoms with Crippen molar-refractivity contribution >= 4 is 34.2 Å². The van der Waals surface area contributed by atoms with Gasteiger partial charge in [0.25, 0.3) is 0 Å². The van der Waals surface area contributed by atoms with E-state index in [1.807, 2.05) is 42.7 Å². The Kier molecular flexibility index (Phi) is 3.64. The molecule has 1 atom stereocenters. The second kappa shape index (κ2) is 5.32. The largest absolute Gasteiger partial charge is 0.295 e. The van der Waals surface area contributed by atoms with Crippen molar-refractivity contribution in [3.05, 3.63) is 58.6 Å². The van der Waals surface area contributed by atoms with Crippen molar-refractivity contribution in [1.29, 1.82) is 0 Å². The van der Waals surface area contributed by atoms with Gasteiger partial charge in [0.1, 0.15) is 11.3 Å². The third-order valence-corrected chi connectivity index (χ3v) is 4.03. The van der Waals surface area contributed by atoms with Crippen molar-refractivity contribution in [2.75, 3.05) is 0 Å². The van der Waals surface area contributed by atoms with Gasteiger partial charge in [-0.05, 0) is 43.7 Å². The van der Waals surface area contributed by atoms with Gasteiger partial charge < -0.3 is 0 Å². The molecular formula is C16H13Cl2FN2. The summed E-state index contributed by atoms with van der Waals surface area (Å²) < 4.78 is 15.8. The molecule has 21 heavy (non-hydrogen) atoms. The smallest absolute Gasteiger partial charge is 0.151 e. The molecular weight excluding hydrogens is 310 g/mol. The summed E-state index contributed by atoms with van der Waals surface area (Å²) in [5, 5.41) is 0.302. The molecule has 0 saturated carbocycles. The predicted molar refractivity (Wildman–Crippen MR) is 85.0 cm³/mol. The number of fused-ring (bicyclic) bond motifs is 1. The summed E-state index contributed by atoms with van der Waals surface area (Å²) in [6.07, 6.45) is 0. The van der Waals surface area contributed by atoms with Gasteiger partial charge in [-0.1, -0.05) is 23.7 Å². The summed E-state index contributed by atoms with van der Waals surface area (Å²) >= 11 is 12.4. The Morgan fingerprint density at radius 3 is 2.67 bits per heavy atom. The van der Waals surface area contributed by atoms with Gasteiger partial charge in [0.2, 0.25) is 0 Å². The van der Waals surface area contributed by atoms with Crippen LogP contribution in [0.1, 0.15) is 23.7 Å². The number of rotatable bonds is 2. The number of alkyl halides is 1. The molecule has 3 rings (SSSR count). The lowest BCUT2D eigenvalue weighted by molar-refractivity contribution is 0.637. The molecule has 0 saturated heterocycles. The zero-order valence-electron chi connectivity index (χ0n) is 11.6. The first-order chi connectivity index (χ1) is 9.99. The molecule has 0 fully saturated rings. The molecule has 0 spiro atoms. The molecule has 0 aliphatic heterocycles. The Labute approximate surface area is 132 Å². The second-order valence-electron chi connectivity index (χ2n) is 4.96. The fourth-order valence-corrected chi connectivity index (χ4v) is 2.66. The van der Waals surface area contributed by atoms with Crippen LogP contribution in [0.3, 0.4) is 0 Å². The molecule has 0 aliphatic rings. The van der Waals surface area contributed by atoms with Crippen molar-refractivity contribution in [3.8, 4) is 5.69 Å². The van der Waals surface area contributed by atoms with E-state index in [9.17, 15) is 4.39 Å². The number of nitrogens with zero attached hydrogens (tertiary/aromatic N) is 2. The molecule has 0 radical (unpaired) electrons. The number of aromatic nitrogens is 2. The normalized spacial score (nSPS) is 12.8. The number of benzene rings is 2. The highest BCUT2D eigenvalue weighted by Crippen LogP contribution is 2.30. The molecule has 2 nitrogen and oxygen atoms in total. The van der Waals surface area contributed by atoms with Crippen LogP contribution in [0.2, 0.25) is 5.02 Å². The summed E-state index contributed by atoms with van der Waals surface area (Å²) in [7, 11) is 0. The van der Waals surface area contributed by atoms with Crippen molar-refractivity contribution in [2.24, 2.45) is 0 Å². The zero-order valence-corrected chi connectivity index (χ0v) is 13.1. The Morgan fingerprint density at radius 2 is 2.00 bits per heavy atom. The lowest BCUT2D eigenvalue weighted by atomic mass is 10.2. The number of halogens is 3. The first kappa shape index (κ1) is 14.4. The maximum atomic E-state index is 14.0. The van der Waals surface area contributed by atoms with E-state index >= 15 is 0 Å². The van der Waals surface area contributed by atoms with Gasteiger partial charge in [0.15, 0.2) is 5.82 Å². The minimum atomic E-state index is -0.358. The first-order valence-electron chi connectivity index (χ1n) is 6.56. The van der Waals surface area contributed by atoms with E-state index in [4.69, 9.17) is 23.2 Å². The summed E-state index contributed by atoms with van der Waals surface area (Å²) in [6, 6.07) is 10.6. The van der Waals surface area contributed by atoms with Gasteiger partial charge >= 0.3 is 0 Å². The summed E-state index contributed by atoms with van der Waals surface area (Å²) in [6.45, 7) is 3.75. The molecule has 2 aromatic carbocycles. The average Bonchev–Trinajstić information content (AvgIpc) is 2.83. The first-order valence-corrected chi connectivity index (χ1v) is 7.38. The van der Waals surface area contributed by atoms with Crippen LogP contribution in [0.15, 0.2) is 36.4 Å². The second-order valence-corrected chi connectivity index (χ2v) is 6.02. The molecule has 0 amide bonds. The van der Waals surface area contributed by atoms with Gasteiger partial charge in [-0.2, -0.15) is 0 Å². The lowest BCUT2D eigenvalue weighted by Crippen LogP contribution is -2.02. The average molecular weight is 323 g/mol. The molecule has 0 N–H and O–H groups in total. The van der Waals surface area contributed by atoms with Gasteiger partial charge in [-0.3, -0.25) is 4.57 Å². The van der Waals surface area contributed by atoms with E-state index in [2.05, 4.69) is 4.98 Å². The number of hydrogen-bond acceptors (Lipinski definition) is 1. The van der Waals surface area contributed by atoms with Crippen LogP contribution in [-0.4, -0.2) is 9.55 Å². The van der Waals surface area contributed by atoms with Gasteiger partial charge in [-0.15, -0.1) is 11.6 Å². The van der Waals surface area contributed by atoms with Gasteiger partial charge in [0, 0.05) is 10.7 Å². The van der Waals surface area contributed by atoms with Crippen LogP contribution in [0.5, 0.6) is 0 Å². The van der Waals surface area contributed by atoms with Crippen LogP contribution in [0.25, 0.3) is 16.7 Å². The molecule has 1 heterocycles. The fourth-order valence-electron chi connectivity index (χ4n) is 2.34. The standard InChI is InChI=1S/C16H13Cl2FN2/c1-9-6-7-11(8-12(9)18)21-14-5-3-4-13(19)15(14)20-16(21)10(2)17/h3-8,10H,1-2H3. The molecule has 0 bridgehead atoms. The van der Waals surface area contributed by atoms with E-state index in [1.165, 1.54) is 6.07 Å². The summed E-state index contributed by atoms with van der Waals surface area (Å²) in [4.78, 5) is 4.35. The molecule has 3 aromatic rings. The quantitative estimate of drug-likeness (QED) is 0.575. The van der Waals surface area contributed by atoms with Crippen molar-refractivity contribution in [3.63, 3.8) is 0 Å². The highest BCUT2D eigenvalue weighted by atomic mass is 35.5. The van der Waals surface area contributed by atoms with Crippen LogP contribution in [0, 0.1) is 12.7 Å². The van der Waals surface area contributed by atoms with Crippen molar-refractivity contribution in [2.45, 2.75) is 19.2 Å². The van der Waals surface area contributed by atoms with E-state index in [0.717, 1.165) is 11.3 Å². The maximum absolute atomic E-state index is 14.0. The Bertz CT molecular complexity index is 825. The number of para-hydroxylation sites is 1. The number of imidazole rings is 1. The van der Waals surface area contributed by atoms with Crippen molar-refractivity contribution < 1.29 is 4.39 Å². The van der Waals surface area contributed by atoms with E-state index in [1.54, 1.807) is 6.07 Å². The molecule has 1 unspecified atom stereocenters. The van der Waals surface area contributed by atoms with Crippen molar-refractivity contribution in [1.82, 2.24) is 9.55 Å². The Hall–Kier alpha value is -1.58.